The molecule has 0 aromatic rings. The van der Waals surface area contributed by atoms with Crippen LogP contribution in [-0.4, -0.2) is 67.4 Å². The zero-order valence-electron chi connectivity index (χ0n) is 11.6. The van der Waals surface area contributed by atoms with E-state index in [9.17, 15) is 14.4 Å². The molecule has 1 aliphatic heterocycles. The second kappa shape index (κ2) is 7.68. The van der Waals surface area contributed by atoms with E-state index in [4.69, 9.17) is 9.84 Å². The minimum Gasteiger partial charge on any atom is -0.480 e. The van der Waals surface area contributed by atoms with E-state index in [2.05, 4.69) is 10.1 Å². The van der Waals surface area contributed by atoms with Crippen LogP contribution in [0, 0.1) is 0 Å². The highest BCUT2D eigenvalue weighted by Crippen LogP contribution is 2.12. The maximum Gasteiger partial charge on any atom is 0.326 e. The summed E-state index contributed by atoms with van der Waals surface area (Å²) in [5, 5.41) is 11.3. The molecule has 1 aliphatic rings. The van der Waals surface area contributed by atoms with E-state index in [-0.39, 0.29) is 6.10 Å². The van der Waals surface area contributed by atoms with E-state index >= 15 is 0 Å². The number of nitrogens with zero attached hydrogens (tertiary/aromatic N) is 1. The number of rotatable bonds is 6. The van der Waals surface area contributed by atoms with E-state index < -0.39 is 30.4 Å². The van der Waals surface area contributed by atoms with Crippen molar-refractivity contribution >= 4 is 18.0 Å². The van der Waals surface area contributed by atoms with Crippen molar-refractivity contribution < 1.29 is 29.0 Å². The van der Waals surface area contributed by atoms with Gasteiger partial charge in [-0.3, -0.25) is 4.79 Å². The summed E-state index contributed by atoms with van der Waals surface area (Å²) in [7, 11) is 2.71. The van der Waals surface area contributed by atoms with Gasteiger partial charge in [0.2, 0.25) is 0 Å². The Kier molecular flexibility index (Phi) is 6.23. The van der Waals surface area contributed by atoms with E-state index in [0.717, 1.165) is 20.0 Å². The topological polar surface area (TPSA) is 105 Å². The van der Waals surface area contributed by atoms with Crippen molar-refractivity contribution in [3.05, 3.63) is 0 Å². The number of carbonyl (C=O) groups is 3. The van der Waals surface area contributed by atoms with Crippen LogP contribution < -0.4 is 5.32 Å². The molecule has 8 nitrogen and oxygen atoms in total. The summed E-state index contributed by atoms with van der Waals surface area (Å²) < 4.78 is 9.79. The first-order valence-electron chi connectivity index (χ1n) is 6.37. The highest BCUT2D eigenvalue weighted by molar-refractivity contribution is 5.86. The molecule has 2 N–H and O–H groups in total. The predicted octanol–water partition coefficient (Wildman–Crippen LogP) is -0.177. The van der Waals surface area contributed by atoms with Crippen molar-refractivity contribution in [2.45, 2.75) is 31.4 Å². The summed E-state index contributed by atoms with van der Waals surface area (Å²) in [5.41, 5.74) is 0. The Morgan fingerprint density at radius 3 is 2.70 bits per heavy atom. The Labute approximate surface area is 117 Å². The van der Waals surface area contributed by atoms with Gasteiger partial charge in [-0.15, -0.1) is 0 Å². The summed E-state index contributed by atoms with van der Waals surface area (Å²) in [6.07, 6.45) is 1.41. The Morgan fingerprint density at radius 2 is 2.20 bits per heavy atom. The van der Waals surface area contributed by atoms with Gasteiger partial charge in [-0.1, -0.05) is 0 Å². The fourth-order valence-corrected chi connectivity index (χ4v) is 1.89. The molecule has 1 heterocycles. The predicted molar refractivity (Wildman–Crippen MR) is 68.2 cm³/mol. The summed E-state index contributed by atoms with van der Waals surface area (Å²) in [5.74, 6) is -1.98. The number of carboxylic acid groups (broad SMARTS) is 1. The largest absolute Gasteiger partial charge is 0.480 e. The van der Waals surface area contributed by atoms with Crippen LogP contribution in [0.25, 0.3) is 0 Å². The van der Waals surface area contributed by atoms with Crippen molar-refractivity contribution in [3.8, 4) is 0 Å². The highest BCUT2D eigenvalue weighted by Gasteiger charge is 2.26. The van der Waals surface area contributed by atoms with Crippen molar-refractivity contribution in [2.24, 2.45) is 0 Å². The van der Waals surface area contributed by atoms with Crippen LogP contribution in [0.5, 0.6) is 0 Å². The second-order valence-corrected chi connectivity index (χ2v) is 4.64. The molecule has 20 heavy (non-hydrogen) atoms. The fourth-order valence-electron chi connectivity index (χ4n) is 1.89. The number of carboxylic acids is 1. The number of likely N-dealkylation sites (N-methyl/N-ethyl adjacent to an activating group) is 1. The maximum atomic E-state index is 11.9. The van der Waals surface area contributed by atoms with E-state index in [1.165, 1.54) is 4.90 Å². The van der Waals surface area contributed by atoms with Crippen molar-refractivity contribution in [2.75, 3.05) is 27.3 Å². The van der Waals surface area contributed by atoms with Gasteiger partial charge in [-0.2, -0.15) is 0 Å². The molecule has 0 bridgehead atoms. The van der Waals surface area contributed by atoms with Crippen LogP contribution >= 0.6 is 0 Å². The van der Waals surface area contributed by atoms with Gasteiger partial charge in [0, 0.05) is 20.2 Å². The second-order valence-electron chi connectivity index (χ2n) is 4.64. The summed E-state index contributed by atoms with van der Waals surface area (Å²) in [6, 6.07) is -1.86. The van der Waals surface area contributed by atoms with Gasteiger partial charge in [0.15, 0.2) is 0 Å². The molecular formula is C12H20N2O6. The number of ether oxygens (including phenoxy) is 2. The molecule has 8 heteroatoms. The lowest BCUT2D eigenvalue weighted by molar-refractivity contribution is -0.147. The Balaban J connectivity index is 2.47. The molecule has 114 valence electrons. The zero-order valence-corrected chi connectivity index (χ0v) is 11.6. The number of nitrogens with one attached hydrogen (secondary N) is 1. The number of carbonyl (C=O) groups excluding carboxylic acids is 2. The standard InChI is InChI=1S/C12H20N2O6/c1-14(7-8-4-3-5-20-8)12(18)13-9(11(16)17)6-10(15)19-2/h8-9H,3-7H2,1-2H3,(H,13,18)(H,16,17)/t8?,9-/m0/s1. The summed E-state index contributed by atoms with van der Waals surface area (Å²) in [6.45, 7) is 1.07. The van der Waals surface area contributed by atoms with E-state index in [1.807, 2.05) is 0 Å². The van der Waals surface area contributed by atoms with Gasteiger partial charge in [-0.05, 0) is 12.8 Å². The number of methoxy groups -OCH3 is 1. The van der Waals surface area contributed by atoms with Crippen LogP contribution in [-0.2, 0) is 19.1 Å². The molecular weight excluding hydrogens is 268 g/mol. The molecule has 0 saturated carbocycles. The van der Waals surface area contributed by atoms with Crippen molar-refractivity contribution in [1.82, 2.24) is 10.2 Å². The molecule has 1 unspecified atom stereocenters. The first kappa shape index (κ1) is 16.2. The van der Waals surface area contributed by atoms with Crippen LogP contribution in [0.4, 0.5) is 4.79 Å². The van der Waals surface area contributed by atoms with Crippen LogP contribution in [0.2, 0.25) is 0 Å². The molecule has 2 amide bonds. The molecule has 0 aromatic carbocycles. The molecule has 2 atom stereocenters. The van der Waals surface area contributed by atoms with E-state index in [1.54, 1.807) is 7.05 Å². The normalized spacial score (nSPS) is 19.2. The molecule has 1 saturated heterocycles. The van der Waals surface area contributed by atoms with Gasteiger partial charge in [-0.25, -0.2) is 9.59 Å². The molecule has 1 fully saturated rings. The third kappa shape index (κ3) is 5.04. The van der Waals surface area contributed by atoms with Crippen molar-refractivity contribution in [3.63, 3.8) is 0 Å². The monoisotopic (exact) mass is 288 g/mol. The van der Waals surface area contributed by atoms with E-state index in [0.29, 0.717) is 13.2 Å². The molecule has 0 spiro atoms. The van der Waals surface area contributed by atoms with Gasteiger partial charge in [0.05, 0.1) is 19.6 Å². The summed E-state index contributed by atoms with van der Waals surface area (Å²) >= 11 is 0. The Bertz CT molecular complexity index is 367. The number of amides is 2. The van der Waals surface area contributed by atoms with Gasteiger partial charge < -0.3 is 24.8 Å². The SMILES string of the molecule is COC(=O)C[C@H](NC(=O)N(C)CC1CCCO1)C(=O)O. The lowest BCUT2D eigenvalue weighted by Crippen LogP contribution is -2.49. The first-order valence-corrected chi connectivity index (χ1v) is 6.37. The van der Waals surface area contributed by atoms with Crippen LogP contribution in [0.15, 0.2) is 0 Å². The van der Waals surface area contributed by atoms with Crippen molar-refractivity contribution in [1.29, 1.82) is 0 Å². The highest BCUT2D eigenvalue weighted by atomic mass is 16.5. The molecule has 1 rings (SSSR count). The number of esters is 1. The van der Waals surface area contributed by atoms with Gasteiger partial charge in [0.25, 0.3) is 0 Å². The lowest BCUT2D eigenvalue weighted by Gasteiger charge is -2.23. The molecule has 0 aromatic heterocycles. The average Bonchev–Trinajstić information content (AvgIpc) is 2.90. The smallest absolute Gasteiger partial charge is 0.326 e. The Morgan fingerprint density at radius 1 is 1.50 bits per heavy atom. The quantitative estimate of drug-likeness (QED) is 0.657. The minimum absolute atomic E-state index is 0.0189. The lowest BCUT2D eigenvalue weighted by atomic mass is 10.2. The van der Waals surface area contributed by atoms with Crippen LogP contribution in [0.1, 0.15) is 19.3 Å². The number of aliphatic carboxylic acids is 1. The third-order valence-corrected chi connectivity index (χ3v) is 3.04. The van der Waals surface area contributed by atoms with Gasteiger partial charge in [0.1, 0.15) is 6.04 Å². The molecule has 0 radical (unpaired) electrons. The number of urea groups is 1. The first-order chi connectivity index (χ1) is 9.43. The minimum atomic E-state index is -1.30. The fraction of sp³-hybridized carbons (Fsp3) is 0.750. The number of hydrogen-bond acceptors (Lipinski definition) is 5. The third-order valence-electron chi connectivity index (χ3n) is 3.04. The zero-order chi connectivity index (χ0) is 15.1. The molecule has 0 aliphatic carbocycles. The number of hydrogen-bond donors (Lipinski definition) is 2. The van der Waals surface area contributed by atoms with Gasteiger partial charge >= 0.3 is 18.0 Å². The van der Waals surface area contributed by atoms with Crippen LogP contribution in [0.3, 0.4) is 0 Å². The maximum absolute atomic E-state index is 11.9. The summed E-state index contributed by atoms with van der Waals surface area (Å²) in [4.78, 5) is 35.3. The Hall–Kier alpha value is -1.83. The average molecular weight is 288 g/mol.